The monoisotopic (exact) mass is 566 g/mol. The van der Waals surface area contributed by atoms with Crippen LogP contribution in [0.1, 0.15) is 18.7 Å². The van der Waals surface area contributed by atoms with Gasteiger partial charge in [0.2, 0.25) is 17.6 Å². The first-order chi connectivity index (χ1) is 17.5. The zero-order valence-electron chi connectivity index (χ0n) is 19.4. The van der Waals surface area contributed by atoms with Gasteiger partial charge < -0.3 is 14.6 Å². The molecule has 2 heterocycles. The number of piperidine rings is 1. The molecule has 1 unspecified atom stereocenters. The maximum absolute atomic E-state index is 13.2. The Morgan fingerprint density at radius 2 is 1.94 bits per heavy atom. The van der Waals surface area contributed by atoms with Crippen molar-refractivity contribution in [2.24, 2.45) is 5.92 Å². The summed E-state index contributed by atoms with van der Waals surface area (Å²) in [6.07, 6.45) is 1.69. The van der Waals surface area contributed by atoms with Crippen LogP contribution in [0.2, 0.25) is 5.02 Å². The maximum Gasteiger partial charge on any atom is 0.241 e. The van der Waals surface area contributed by atoms with Crippen molar-refractivity contribution < 1.29 is 14.1 Å². The second-order valence-electron chi connectivity index (χ2n) is 8.64. The highest BCUT2D eigenvalue weighted by molar-refractivity contribution is 9.10. The van der Waals surface area contributed by atoms with E-state index in [1.54, 1.807) is 18.2 Å². The number of benzene rings is 3. The Labute approximate surface area is 222 Å². The molecule has 1 aliphatic heterocycles. The molecular formula is C27H24BrClN4O3. The fourth-order valence-electron chi connectivity index (χ4n) is 4.18. The van der Waals surface area contributed by atoms with Crippen LogP contribution in [0.3, 0.4) is 0 Å². The first-order valence-corrected chi connectivity index (χ1v) is 12.8. The molecule has 7 nitrogen and oxygen atoms in total. The van der Waals surface area contributed by atoms with E-state index in [0.29, 0.717) is 47.0 Å². The smallest absolute Gasteiger partial charge is 0.241 e. The van der Waals surface area contributed by atoms with E-state index in [1.165, 1.54) is 0 Å². The molecule has 4 aromatic rings. The number of ether oxygens (including phenoxy) is 1. The summed E-state index contributed by atoms with van der Waals surface area (Å²) in [5, 5.41) is 7.66. The minimum Gasteiger partial charge on any atom is -0.455 e. The highest BCUT2D eigenvalue weighted by Crippen LogP contribution is 2.33. The molecule has 0 aliphatic carbocycles. The number of carbonyl (C=O) groups is 1. The van der Waals surface area contributed by atoms with Gasteiger partial charge in [-0.15, -0.1) is 0 Å². The van der Waals surface area contributed by atoms with Crippen LogP contribution in [0.4, 0.5) is 5.69 Å². The predicted molar refractivity (Wildman–Crippen MR) is 142 cm³/mol. The quantitative estimate of drug-likeness (QED) is 0.265. The number of hydrogen-bond acceptors (Lipinski definition) is 6. The third-order valence-electron chi connectivity index (χ3n) is 5.98. The molecule has 1 atom stereocenters. The zero-order valence-corrected chi connectivity index (χ0v) is 21.7. The van der Waals surface area contributed by atoms with Crippen LogP contribution in [0.15, 0.2) is 81.8 Å². The van der Waals surface area contributed by atoms with Crippen molar-refractivity contribution in [3.8, 4) is 22.9 Å². The van der Waals surface area contributed by atoms with Crippen molar-refractivity contribution in [1.82, 2.24) is 15.0 Å². The van der Waals surface area contributed by atoms with E-state index in [1.807, 2.05) is 54.6 Å². The molecule has 1 aromatic heterocycles. The summed E-state index contributed by atoms with van der Waals surface area (Å²) >= 11 is 9.65. The maximum atomic E-state index is 13.2. The number of carbonyl (C=O) groups excluding carboxylic acids is 1. The van der Waals surface area contributed by atoms with Gasteiger partial charge in [-0.3, -0.25) is 9.69 Å². The topological polar surface area (TPSA) is 80.5 Å². The number of likely N-dealkylation sites (tertiary alicyclic amines) is 1. The summed E-state index contributed by atoms with van der Waals surface area (Å²) in [6, 6.07) is 22.4. The first-order valence-electron chi connectivity index (χ1n) is 11.7. The minimum absolute atomic E-state index is 0.0686. The summed E-state index contributed by atoms with van der Waals surface area (Å²) < 4.78 is 12.5. The fraction of sp³-hybridized carbons (Fsp3) is 0.222. The van der Waals surface area contributed by atoms with Crippen LogP contribution in [0.5, 0.6) is 11.5 Å². The number of rotatable bonds is 7. The molecule has 1 fully saturated rings. The molecule has 3 aromatic carbocycles. The third-order valence-corrected chi connectivity index (χ3v) is 6.74. The van der Waals surface area contributed by atoms with Crippen molar-refractivity contribution >= 4 is 39.1 Å². The highest BCUT2D eigenvalue weighted by atomic mass is 79.9. The minimum atomic E-state index is -0.184. The third kappa shape index (κ3) is 6.13. The number of halogens is 2. The lowest BCUT2D eigenvalue weighted by Gasteiger charge is -2.31. The van der Waals surface area contributed by atoms with Crippen LogP contribution < -0.4 is 10.1 Å². The van der Waals surface area contributed by atoms with E-state index < -0.39 is 0 Å². The Morgan fingerprint density at radius 1 is 1.14 bits per heavy atom. The van der Waals surface area contributed by atoms with E-state index in [9.17, 15) is 4.79 Å². The number of anilines is 1. The highest BCUT2D eigenvalue weighted by Gasteiger charge is 2.27. The van der Waals surface area contributed by atoms with Gasteiger partial charge in [-0.25, -0.2) is 0 Å². The first kappa shape index (κ1) is 24.5. The molecule has 0 saturated carbocycles. The van der Waals surface area contributed by atoms with Crippen LogP contribution >= 0.6 is 27.5 Å². The van der Waals surface area contributed by atoms with Crippen molar-refractivity contribution in [3.05, 3.63) is 88.2 Å². The Bertz CT molecular complexity index is 1330. The molecule has 1 aliphatic rings. The number of aromatic nitrogens is 2. The van der Waals surface area contributed by atoms with Crippen molar-refractivity contribution in [2.75, 3.05) is 18.4 Å². The average molecular weight is 568 g/mol. The molecule has 1 amide bonds. The van der Waals surface area contributed by atoms with E-state index in [0.717, 1.165) is 29.4 Å². The van der Waals surface area contributed by atoms with Crippen LogP contribution in [0, 0.1) is 5.92 Å². The SMILES string of the molecule is O=C(Nc1cc(Cl)ccc1Oc1ccccc1)C1CCCN(Cc2nc(-c3ccc(Br)cc3)no2)C1. The lowest BCUT2D eigenvalue weighted by atomic mass is 9.97. The predicted octanol–water partition coefficient (Wildman–Crippen LogP) is 6.80. The van der Waals surface area contributed by atoms with Gasteiger partial charge in [-0.2, -0.15) is 4.98 Å². The van der Waals surface area contributed by atoms with Gasteiger partial charge in [-0.05, 0) is 74.0 Å². The second kappa shape index (κ2) is 11.2. The van der Waals surface area contributed by atoms with Gasteiger partial charge in [0.15, 0.2) is 5.75 Å². The Hall–Kier alpha value is -3.20. The molecular weight excluding hydrogens is 544 g/mol. The Kier molecular flexibility index (Phi) is 7.65. The zero-order chi connectivity index (χ0) is 24.9. The van der Waals surface area contributed by atoms with E-state index in [-0.39, 0.29) is 11.8 Å². The largest absolute Gasteiger partial charge is 0.455 e. The molecule has 5 rings (SSSR count). The summed E-state index contributed by atoms with van der Waals surface area (Å²) in [6.45, 7) is 1.95. The normalized spacial score (nSPS) is 16.0. The molecule has 184 valence electrons. The van der Waals surface area contributed by atoms with Crippen molar-refractivity contribution in [3.63, 3.8) is 0 Å². The molecule has 0 spiro atoms. The lowest BCUT2D eigenvalue weighted by Crippen LogP contribution is -2.40. The van der Waals surface area contributed by atoms with E-state index >= 15 is 0 Å². The summed E-state index contributed by atoms with van der Waals surface area (Å²) in [5.41, 5.74) is 1.43. The number of para-hydroxylation sites is 1. The lowest BCUT2D eigenvalue weighted by molar-refractivity contribution is -0.121. The molecule has 0 bridgehead atoms. The number of nitrogens with zero attached hydrogens (tertiary/aromatic N) is 3. The number of nitrogens with one attached hydrogen (secondary N) is 1. The summed E-state index contributed by atoms with van der Waals surface area (Å²) in [7, 11) is 0. The van der Waals surface area contributed by atoms with Gasteiger partial charge in [0.1, 0.15) is 5.75 Å². The van der Waals surface area contributed by atoms with Gasteiger partial charge in [-0.1, -0.05) is 50.9 Å². The molecule has 9 heteroatoms. The Balaban J connectivity index is 1.23. The molecule has 1 saturated heterocycles. The van der Waals surface area contributed by atoms with Gasteiger partial charge in [0.05, 0.1) is 18.2 Å². The van der Waals surface area contributed by atoms with Gasteiger partial charge >= 0.3 is 0 Å². The van der Waals surface area contributed by atoms with E-state index in [4.69, 9.17) is 20.9 Å². The summed E-state index contributed by atoms with van der Waals surface area (Å²) in [5.74, 6) is 2.05. The number of hydrogen-bond donors (Lipinski definition) is 1. The fourth-order valence-corrected chi connectivity index (χ4v) is 4.62. The van der Waals surface area contributed by atoms with Crippen LogP contribution in [-0.2, 0) is 11.3 Å². The van der Waals surface area contributed by atoms with Gasteiger partial charge in [0.25, 0.3) is 0 Å². The van der Waals surface area contributed by atoms with Crippen molar-refractivity contribution in [1.29, 1.82) is 0 Å². The van der Waals surface area contributed by atoms with E-state index in [2.05, 4.69) is 36.3 Å². The Morgan fingerprint density at radius 3 is 2.75 bits per heavy atom. The molecule has 36 heavy (non-hydrogen) atoms. The summed E-state index contributed by atoms with van der Waals surface area (Å²) in [4.78, 5) is 19.9. The number of amides is 1. The standard InChI is InChI=1S/C27H24BrClN4O3/c28-20-10-8-18(9-11-20)26-31-25(36-32-26)17-33-14-4-5-19(16-33)27(34)30-23-15-21(29)12-13-24(23)35-22-6-2-1-3-7-22/h1-3,6-13,15,19H,4-5,14,16-17H2,(H,30,34). The van der Waals surface area contributed by atoms with Gasteiger partial charge in [0, 0.05) is 21.6 Å². The van der Waals surface area contributed by atoms with Crippen LogP contribution in [0.25, 0.3) is 11.4 Å². The molecule has 0 radical (unpaired) electrons. The molecule has 1 N–H and O–H groups in total. The average Bonchev–Trinajstić information content (AvgIpc) is 3.35. The van der Waals surface area contributed by atoms with Crippen molar-refractivity contribution in [2.45, 2.75) is 19.4 Å². The second-order valence-corrected chi connectivity index (χ2v) is 9.99. The van der Waals surface area contributed by atoms with Crippen LogP contribution in [-0.4, -0.2) is 34.0 Å².